The molecule has 0 heterocycles. The number of hydrogen-bond acceptors (Lipinski definition) is 4. The largest absolute Gasteiger partial charge is 0.491 e. The van der Waals surface area contributed by atoms with Gasteiger partial charge in [-0.1, -0.05) is 30.3 Å². The number of nitrogens with zero attached hydrogens (tertiary/aromatic N) is 1. The Hall–Kier alpha value is -2.11. The van der Waals surface area contributed by atoms with Crippen LogP contribution in [0.4, 0.5) is 4.39 Å². The van der Waals surface area contributed by atoms with Crippen LogP contribution in [0.5, 0.6) is 11.5 Å². The Morgan fingerprint density at radius 2 is 1.67 bits per heavy atom. The van der Waals surface area contributed by atoms with Crippen molar-refractivity contribution in [2.24, 2.45) is 0 Å². The van der Waals surface area contributed by atoms with Crippen molar-refractivity contribution in [1.82, 2.24) is 4.90 Å². The van der Waals surface area contributed by atoms with E-state index in [2.05, 4.69) is 0 Å². The summed E-state index contributed by atoms with van der Waals surface area (Å²) in [6, 6.07) is 17.0. The number of rotatable bonds is 10. The Kier molecular flexibility index (Phi) is 7.52. The number of alkyl halides is 1. The van der Waals surface area contributed by atoms with E-state index in [1.165, 1.54) is 0 Å². The number of likely N-dealkylation sites (N-methyl/N-ethyl adjacent to an activating group) is 1. The fourth-order valence-electron chi connectivity index (χ4n) is 2.35. The maximum Gasteiger partial charge on any atom is 0.123 e. The summed E-state index contributed by atoms with van der Waals surface area (Å²) in [6.45, 7) is 1.05. The molecule has 5 heteroatoms. The number of benzene rings is 2. The van der Waals surface area contributed by atoms with E-state index >= 15 is 0 Å². The predicted molar refractivity (Wildman–Crippen MR) is 92.2 cm³/mol. The standard InChI is InChI=1S/C19H24FNO3/c1-21(13-16-7-9-19(10-8-16)23-12-11-20)14-17(22)15-24-18-5-3-2-4-6-18/h2-10,17,22H,11-15H2,1H3/t17-/m1/s1. The molecule has 130 valence electrons. The molecule has 0 fully saturated rings. The highest BCUT2D eigenvalue weighted by Gasteiger charge is 2.10. The molecule has 2 aromatic carbocycles. The third-order valence-corrected chi connectivity index (χ3v) is 3.43. The summed E-state index contributed by atoms with van der Waals surface area (Å²) in [7, 11) is 1.94. The Bertz CT molecular complexity index is 577. The third kappa shape index (κ3) is 6.56. The van der Waals surface area contributed by atoms with Crippen LogP contribution < -0.4 is 9.47 Å². The van der Waals surface area contributed by atoms with Gasteiger partial charge in [-0.2, -0.15) is 0 Å². The van der Waals surface area contributed by atoms with E-state index in [-0.39, 0.29) is 13.2 Å². The minimum absolute atomic E-state index is 0.0762. The molecule has 0 aliphatic heterocycles. The Morgan fingerprint density at radius 3 is 2.33 bits per heavy atom. The first-order valence-electron chi connectivity index (χ1n) is 7.99. The molecule has 0 saturated carbocycles. The highest BCUT2D eigenvalue weighted by atomic mass is 19.1. The lowest BCUT2D eigenvalue weighted by molar-refractivity contribution is 0.0744. The van der Waals surface area contributed by atoms with Crippen LogP contribution in [-0.2, 0) is 6.54 Å². The van der Waals surface area contributed by atoms with Crippen LogP contribution in [0.15, 0.2) is 54.6 Å². The van der Waals surface area contributed by atoms with Gasteiger partial charge in [-0.15, -0.1) is 0 Å². The number of halogens is 1. The Labute approximate surface area is 142 Å². The molecule has 0 unspecified atom stereocenters. The van der Waals surface area contributed by atoms with Crippen LogP contribution in [0.1, 0.15) is 5.56 Å². The van der Waals surface area contributed by atoms with Crippen LogP contribution in [0.2, 0.25) is 0 Å². The highest BCUT2D eigenvalue weighted by Crippen LogP contribution is 2.14. The normalized spacial score (nSPS) is 12.2. The van der Waals surface area contributed by atoms with E-state index in [1.54, 1.807) is 0 Å². The number of aliphatic hydroxyl groups is 1. The number of ether oxygens (including phenoxy) is 2. The zero-order valence-corrected chi connectivity index (χ0v) is 13.9. The van der Waals surface area contributed by atoms with Gasteiger partial charge in [0, 0.05) is 13.1 Å². The smallest absolute Gasteiger partial charge is 0.123 e. The fraction of sp³-hybridized carbons (Fsp3) is 0.368. The molecule has 0 radical (unpaired) electrons. The molecular formula is C19H24FNO3. The second-order valence-corrected chi connectivity index (χ2v) is 5.66. The van der Waals surface area contributed by atoms with E-state index in [0.29, 0.717) is 18.8 Å². The molecule has 4 nitrogen and oxygen atoms in total. The highest BCUT2D eigenvalue weighted by molar-refractivity contribution is 5.27. The summed E-state index contributed by atoms with van der Waals surface area (Å²) in [5.41, 5.74) is 1.10. The van der Waals surface area contributed by atoms with E-state index in [0.717, 1.165) is 11.3 Å². The molecule has 0 amide bonds. The zero-order chi connectivity index (χ0) is 17.2. The van der Waals surface area contributed by atoms with Gasteiger partial charge in [-0.05, 0) is 36.9 Å². The van der Waals surface area contributed by atoms with Gasteiger partial charge in [0.1, 0.15) is 37.5 Å². The van der Waals surface area contributed by atoms with Crippen LogP contribution in [0, 0.1) is 0 Å². The molecule has 1 atom stereocenters. The monoisotopic (exact) mass is 333 g/mol. The summed E-state index contributed by atoms with van der Waals surface area (Å²) in [5, 5.41) is 10.1. The first-order valence-corrected chi connectivity index (χ1v) is 7.99. The van der Waals surface area contributed by atoms with Crippen LogP contribution in [0.3, 0.4) is 0 Å². The van der Waals surface area contributed by atoms with Crippen molar-refractivity contribution in [2.75, 3.05) is 33.5 Å². The quantitative estimate of drug-likeness (QED) is 0.726. The molecule has 0 bridgehead atoms. The van der Waals surface area contributed by atoms with E-state index in [4.69, 9.17) is 9.47 Å². The Morgan fingerprint density at radius 1 is 1.00 bits per heavy atom. The van der Waals surface area contributed by atoms with E-state index in [1.807, 2.05) is 66.5 Å². The average molecular weight is 333 g/mol. The first-order chi connectivity index (χ1) is 11.7. The third-order valence-electron chi connectivity index (χ3n) is 3.43. The van der Waals surface area contributed by atoms with Crippen molar-refractivity contribution < 1.29 is 19.0 Å². The molecule has 0 aliphatic rings. The predicted octanol–water partition coefficient (Wildman–Crippen LogP) is 2.91. The van der Waals surface area contributed by atoms with Gasteiger partial charge in [-0.3, -0.25) is 4.90 Å². The lowest BCUT2D eigenvalue weighted by Gasteiger charge is -2.21. The lowest BCUT2D eigenvalue weighted by atomic mass is 10.2. The summed E-state index contributed by atoms with van der Waals surface area (Å²) < 4.78 is 22.8. The van der Waals surface area contributed by atoms with Gasteiger partial charge in [-0.25, -0.2) is 4.39 Å². The Balaban J connectivity index is 1.72. The van der Waals surface area contributed by atoms with Gasteiger partial charge >= 0.3 is 0 Å². The van der Waals surface area contributed by atoms with Crippen molar-refractivity contribution in [3.63, 3.8) is 0 Å². The summed E-state index contributed by atoms with van der Waals surface area (Å²) in [5.74, 6) is 1.42. The SMILES string of the molecule is CN(Cc1ccc(OCCF)cc1)C[C@@H](O)COc1ccccc1. The maximum absolute atomic E-state index is 12.1. The second-order valence-electron chi connectivity index (χ2n) is 5.66. The molecule has 24 heavy (non-hydrogen) atoms. The van der Waals surface area contributed by atoms with Crippen LogP contribution >= 0.6 is 0 Å². The topological polar surface area (TPSA) is 41.9 Å². The zero-order valence-electron chi connectivity index (χ0n) is 13.9. The fourth-order valence-corrected chi connectivity index (χ4v) is 2.35. The number of hydrogen-bond donors (Lipinski definition) is 1. The van der Waals surface area contributed by atoms with Crippen molar-refractivity contribution in [3.8, 4) is 11.5 Å². The molecule has 1 N–H and O–H groups in total. The van der Waals surface area contributed by atoms with Gasteiger partial charge in [0.25, 0.3) is 0 Å². The summed E-state index contributed by atoms with van der Waals surface area (Å²) in [4.78, 5) is 2.02. The average Bonchev–Trinajstić information content (AvgIpc) is 2.60. The van der Waals surface area contributed by atoms with Crippen LogP contribution in [0.25, 0.3) is 0 Å². The maximum atomic E-state index is 12.1. The van der Waals surface area contributed by atoms with Gasteiger partial charge in [0.15, 0.2) is 0 Å². The molecule has 2 rings (SSSR count). The van der Waals surface area contributed by atoms with E-state index in [9.17, 15) is 9.50 Å². The van der Waals surface area contributed by atoms with Gasteiger partial charge in [0.05, 0.1) is 0 Å². The number of para-hydroxylation sites is 1. The van der Waals surface area contributed by atoms with Crippen molar-refractivity contribution in [3.05, 3.63) is 60.2 Å². The molecular weight excluding hydrogens is 309 g/mol. The van der Waals surface area contributed by atoms with Crippen molar-refractivity contribution in [1.29, 1.82) is 0 Å². The lowest BCUT2D eigenvalue weighted by Crippen LogP contribution is -2.32. The molecule has 0 spiro atoms. The minimum atomic E-state index is -0.567. The van der Waals surface area contributed by atoms with E-state index < -0.39 is 12.8 Å². The number of aliphatic hydroxyl groups excluding tert-OH is 1. The van der Waals surface area contributed by atoms with Gasteiger partial charge < -0.3 is 14.6 Å². The summed E-state index contributed by atoms with van der Waals surface area (Å²) >= 11 is 0. The first kappa shape index (κ1) is 18.2. The van der Waals surface area contributed by atoms with Gasteiger partial charge in [0.2, 0.25) is 0 Å². The second kappa shape index (κ2) is 9.90. The molecule has 0 saturated heterocycles. The van der Waals surface area contributed by atoms with Crippen LogP contribution in [-0.4, -0.2) is 49.6 Å². The molecule has 2 aromatic rings. The minimum Gasteiger partial charge on any atom is -0.491 e. The molecule has 0 aliphatic carbocycles. The molecule has 0 aromatic heterocycles. The van der Waals surface area contributed by atoms with Crippen molar-refractivity contribution in [2.45, 2.75) is 12.6 Å². The summed E-state index contributed by atoms with van der Waals surface area (Å²) in [6.07, 6.45) is -0.567. The van der Waals surface area contributed by atoms with Crippen molar-refractivity contribution >= 4 is 0 Å².